The zero-order chi connectivity index (χ0) is 15.8. The van der Waals surface area contributed by atoms with E-state index in [0.29, 0.717) is 22.2 Å². The van der Waals surface area contributed by atoms with E-state index < -0.39 is 10.0 Å². The van der Waals surface area contributed by atoms with Gasteiger partial charge in [-0.05, 0) is 57.4 Å². The van der Waals surface area contributed by atoms with Crippen LogP contribution in [0.4, 0.5) is 0 Å². The Morgan fingerprint density at radius 3 is 2.62 bits per heavy atom. The number of nitrogens with one attached hydrogen (secondary N) is 2. The van der Waals surface area contributed by atoms with Gasteiger partial charge >= 0.3 is 0 Å². The molecule has 2 rings (SSSR count). The van der Waals surface area contributed by atoms with E-state index in [-0.39, 0.29) is 16.0 Å². The summed E-state index contributed by atoms with van der Waals surface area (Å²) in [4.78, 5) is 0.0975. The van der Waals surface area contributed by atoms with Gasteiger partial charge in [-0.2, -0.15) is 0 Å². The van der Waals surface area contributed by atoms with Crippen molar-refractivity contribution in [1.82, 2.24) is 10.0 Å². The van der Waals surface area contributed by atoms with E-state index in [1.807, 2.05) is 6.92 Å². The van der Waals surface area contributed by atoms with Crippen LogP contribution in [0.3, 0.4) is 0 Å². The first-order valence-electron chi connectivity index (χ1n) is 6.93. The Bertz CT molecular complexity index is 621. The second-order valence-corrected chi connectivity index (χ2v) is 8.08. The highest BCUT2D eigenvalue weighted by atomic mass is 35.5. The molecule has 1 aromatic carbocycles. The van der Waals surface area contributed by atoms with Crippen molar-refractivity contribution in [3.05, 3.63) is 27.2 Å². The van der Waals surface area contributed by atoms with Gasteiger partial charge in [-0.3, -0.25) is 0 Å². The van der Waals surface area contributed by atoms with Crippen LogP contribution in [-0.4, -0.2) is 27.0 Å². The molecular weight excluding hydrogens is 331 g/mol. The number of hydrogen-bond acceptors (Lipinski definition) is 3. The number of aryl methyl sites for hydroxylation is 1. The number of benzene rings is 1. The summed E-state index contributed by atoms with van der Waals surface area (Å²) in [5.41, 5.74) is 1.15. The third-order valence-electron chi connectivity index (χ3n) is 3.80. The van der Waals surface area contributed by atoms with Gasteiger partial charge < -0.3 is 5.32 Å². The molecule has 0 aliphatic carbocycles. The normalized spacial score (nSPS) is 23.3. The first kappa shape index (κ1) is 17.0. The van der Waals surface area contributed by atoms with E-state index in [0.717, 1.165) is 19.4 Å². The van der Waals surface area contributed by atoms with Crippen LogP contribution in [0.1, 0.15) is 30.9 Å². The zero-order valence-corrected chi connectivity index (χ0v) is 14.7. The molecule has 4 nitrogen and oxygen atoms in total. The Balaban J connectivity index is 2.36. The summed E-state index contributed by atoms with van der Waals surface area (Å²) in [7, 11) is -3.68. The summed E-state index contributed by atoms with van der Waals surface area (Å²) in [6.45, 7) is 6.27. The van der Waals surface area contributed by atoms with Crippen LogP contribution < -0.4 is 10.0 Å². The van der Waals surface area contributed by atoms with Gasteiger partial charge in [0.2, 0.25) is 10.0 Å². The highest BCUT2D eigenvalue weighted by molar-refractivity contribution is 7.89. The molecule has 118 valence electrons. The largest absolute Gasteiger partial charge is 0.314 e. The van der Waals surface area contributed by atoms with E-state index in [1.165, 1.54) is 0 Å². The van der Waals surface area contributed by atoms with Gasteiger partial charge in [-0.15, -0.1) is 0 Å². The first-order chi connectivity index (χ1) is 9.72. The molecule has 1 aliphatic heterocycles. The van der Waals surface area contributed by atoms with E-state index in [1.54, 1.807) is 19.9 Å². The van der Waals surface area contributed by atoms with Crippen LogP contribution >= 0.6 is 23.2 Å². The second kappa shape index (κ2) is 6.42. The zero-order valence-electron chi connectivity index (χ0n) is 12.3. The molecule has 0 spiro atoms. The van der Waals surface area contributed by atoms with Crippen molar-refractivity contribution in [3.63, 3.8) is 0 Å². The standard InChI is InChI=1S/C14H20Cl2N2O2S/c1-8-6-12(15)10(3)14(13(8)16)21(19,20)18-11-4-5-17-9(2)7-11/h6,9,11,17-18H,4-5,7H2,1-3H3. The maximum Gasteiger partial charge on any atom is 0.242 e. The molecule has 0 radical (unpaired) electrons. The van der Waals surface area contributed by atoms with Crippen molar-refractivity contribution in [1.29, 1.82) is 0 Å². The van der Waals surface area contributed by atoms with Crippen LogP contribution in [0.5, 0.6) is 0 Å². The molecule has 1 fully saturated rings. The van der Waals surface area contributed by atoms with Crippen LogP contribution in [0.2, 0.25) is 10.0 Å². The van der Waals surface area contributed by atoms with Gasteiger partial charge in [0.1, 0.15) is 4.90 Å². The molecule has 1 heterocycles. The fourth-order valence-electron chi connectivity index (χ4n) is 2.65. The summed E-state index contributed by atoms with van der Waals surface area (Å²) in [5.74, 6) is 0. The molecule has 0 amide bonds. The minimum Gasteiger partial charge on any atom is -0.314 e. The topological polar surface area (TPSA) is 58.2 Å². The SMILES string of the molecule is Cc1cc(Cl)c(C)c(S(=O)(=O)NC2CCNC(C)C2)c1Cl. The van der Waals surface area contributed by atoms with Crippen LogP contribution in [0.15, 0.2) is 11.0 Å². The molecular formula is C14H20Cl2N2O2S. The molecule has 2 unspecified atom stereocenters. The fraction of sp³-hybridized carbons (Fsp3) is 0.571. The third kappa shape index (κ3) is 3.71. The number of halogens is 2. The monoisotopic (exact) mass is 350 g/mol. The smallest absolute Gasteiger partial charge is 0.242 e. The van der Waals surface area contributed by atoms with E-state index in [4.69, 9.17) is 23.2 Å². The Kier molecular flexibility index (Phi) is 5.21. The van der Waals surface area contributed by atoms with Crippen molar-refractivity contribution in [2.24, 2.45) is 0 Å². The van der Waals surface area contributed by atoms with Gasteiger partial charge in [0.15, 0.2) is 0 Å². The predicted molar refractivity (Wildman–Crippen MR) is 86.7 cm³/mol. The van der Waals surface area contributed by atoms with Crippen molar-refractivity contribution in [2.45, 2.75) is 50.6 Å². The lowest BCUT2D eigenvalue weighted by atomic mass is 10.0. The molecule has 1 aromatic rings. The molecule has 1 saturated heterocycles. The molecule has 1 aliphatic rings. The fourth-order valence-corrected chi connectivity index (χ4v) is 5.15. The van der Waals surface area contributed by atoms with Gasteiger partial charge in [-0.25, -0.2) is 13.1 Å². The summed E-state index contributed by atoms with van der Waals surface area (Å²) < 4.78 is 28.1. The highest BCUT2D eigenvalue weighted by Gasteiger charge is 2.28. The van der Waals surface area contributed by atoms with Crippen molar-refractivity contribution >= 4 is 33.2 Å². The van der Waals surface area contributed by atoms with Crippen molar-refractivity contribution < 1.29 is 8.42 Å². The van der Waals surface area contributed by atoms with Crippen LogP contribution in [0.25, 0.3) is 0 Å². The van der Waals surface area contributed by atoms with Gasteiger partial charge in [0.05, 0.1) is 5.02 Å². The molecule has 2 N–H and O–H groups in total. The summed E-state index contributed by atoms with van der Waals surface area (Å²) in [6.07, 6.45) is 1.52. The minimum atomic E-state index is -3.68. The quantitative estimate of drug-likeness (QED) is 0.880. The Morgan fingerprint density at radius 1 is 1.33 bits per heavy atom. The van der Waals surface area contributed by atoms with Crippen molar-refractivity contribution in [2.75, 3.05) is 6.54 Å². The second-order valence-electron chi connectivity index (χ2n) is 5.64. The van der Waals surface area contributed by atoms with Crippen LogP contribution in [-0.2, 0) is 10.0 Å². The predicted octanol–water partition coefficient (Wildman–Crippen LogP) is 3.03. The number of hydrogen-bond donors (Lipinski definition) is 2. The first-order valence-corrected chi connectivity index (χ1v) is 9.17. The Morgan fingerprint density at radius 2 is 2.00 bits per heavy atom. The number of rotatable bonds is 3. The number of piperidine rings is 1. The Labute approximate surface area is 136 Å². The molecule has 7 heteroatoms. The molecule has 0 bridgehead atoms. The molecule has 0 aromatic heterocycles. The van der Waals surface area contributed by atoms with E-state index >= 15 is 0 Å². The summed E-state index contributed by atoms with van der Waals surface area (Å²) in [5, 5.41) is 3.95. The average Bonchev–Trinajstić information content (AvgIpc) is 2.35. The molecule has 21 heavy (non-hydrogen) atoms. The van der Waals surface area contributed by atoms with E-state index in [9.17, 15) is 8.42 Å². The minimum absolute atomic E-state index is 0.0824. The maximum atomic E-state index is 12.7. The lowest BCUT2D eigenvalue weighted by Gasteiger charge is -2.29. The summed E-state index contributed by atoms with van der Waals surface area (Å²) in [6, 6.07) is 1.90. The van der Waals surface area contributed by atoms with E-state index in [2.05, 4.69) is 10.0 Å². The lowest BCUT2D eigenvalue weighted by Crippen LogP contribution is -2.46. The van der Waals surface area contributed by atoms with Crippen LogP contribution in [0, 0.1) is 13.8 Å². The Hall–Kier alpha value is -0.330. The average molecular weight is 351 g/mol. The highest BCUT2D eigenvalue weighted by Crippen LogP contribution is 2.33. The molecule has 2 atom stereocenters. The van der Waals surface area contributed by atoms with Gasteiger partial charge in [-0.1, -0.05) is 23.2 Å². The third-order valence-corrected chi connectivity index (χ3v) is 6.48. The van der Waals surface area contributed by atoms with Crippen molar-refractivity contribution in [3.8, 4) is 0 Å². The summed E-state index contributed by atoms with van der Waals surface area (Å²) >= 11 is 12.3. The maximum absolute atomic E-state index is 12.7. The van der Waals surface area contributed by atoms with Gasteiger partial charge in [0, 0.05) is 17.1 Å². The van der Waals surface area contributed by atoms with Gasteiger partial charge in [0.25, 0.3) is 0 Å². The lowest BCUT2D eigenvalue weighted by molar-refractivity contribution is 0.361. The number of sulfonamides is 1. The molecule has 0 saturated carbocycles.